The molecule has 0 amide bonds. The molecule has 1 aliphatic carbocycles. The SMILES string of the molecule is CCCNC(C)(CC(C)OCC1CC1)C(=O)O. The fraction of sp³-hybridized carbons (Fsp3) is 0.923. The summed E-state index contributed by atoms with van der Waals surface area (Å²) in [5, 5.41) is 12.4. The van der Waals surface area contributed by atoms with Gasteiger partial charge in [-0.15, -0.1) is 0 Å². The summed E-state index contributed by atoms with van der Waals surface area (Å²) in [4.78, 5) is 11.3. The summed E-state index contributed by atoms with van der Waals surface area (Å²) in [6.07, 6.45) is 3.95. The van der Waals surface area contributed by atoms with E-state index in [0.717, 1.165) is 25.5 Å². The van der Waals surface area contributed by atoms with E-state index in [9.17, 15) is 9.90 Å². The monoisotopic (exact) mass is 243 g/mol. The molecule has 0 radical (unpaired) electrons. The molecular formula is C13H25NO3. The fourth-order valence-corrected chi connectivity index (χ4v) is 1.85. The number of hydrogen-bond acceptors (Lipinski definition) is 3. The smallest absolute Gasteiger partial charge is 0.323 e. The van der Waals surface area contributed by atoms with Gasteiger partial charge in [-0.1, -0.05) is 6.92 Å². The highest BCUT2D eigenvalue weighted by atomic mass is 16.5. The maximum Gasteiger partial charge on any atom is 0.323 e. The first-order valence-electron chi connectivity index (χ1n) is 6.58. The highest BCUT2D eigenvalue weighted by molar-refractivity contribution is 5.78. The standard InChI is InChI=1S/C13H25NO3/c1-4-7-14-13(3,12(15)16)8-10(2)17-9-11-5-6-11/h10-11,14H,4-9H2,1-3H3,(H,15,16). The van der Waals surface area contributed by atoms with Crippen LogP contribution in [0.15, 0.2) is 0 Å². The van der Waals surface area contributed by atoms with Crippen molar-refractivity contribution in [2.45, 2.75) is 58.1 Å². The van der Waals surface area contributed by atoms with Crippen LogP contribution in [0.3, 0.4) is 0 Å². The molecule has 4 nitrogen and oxygen atoms in total. The molecule has 17 heavy (non-hydrogen) atoms. The minimum Gasteiger partial charge on any atom is -0.480 e. The number of nitrogens with one attached hydrogen (secondary N) is 1. The first-order chi connectivity index (χ1) is 7.98. The Kier molecular flexibility index (Phi) is 5.40. The van der Waals surface area contributed by atoms with E-state index in [0.29, 0.717) is 6.42 Å². The Labute approximate surface area is 104 Å². The normalized spacial score (nSPS) is 20.9. The summed E-state index contributed by atoms with van der Waals surface area (Å²) in [5.74, 6) is -0.0787. The second kappa shape index (κ2) is 6.36. The third-order valence-electron chi connectivity index (χ3n) is 3.25. The second-order valence-corrected chi connectivity index (χ2v) is 5.36. The van der Waals surface area contributed by atoms with Gasteiger partial charge in [0.15, 0.2) is 0 Å². The molecule has 1 rings (SSSR count). The fourth-order valence-electron chi connectivity index (χ4n) is 1.85. The van der Waals surface area contributed by atoms with Crippen LogP contribution >= 0.6 is 0 Å². The Morgan fingerprint density at radius 1 is 1.59 bits per heavy atom. The van der Waals surface area contributed by atoms with Gasteiger partial charge in [0, 0.05) is 13.0 Å². The number of aliphatic carboxylic acids is 1. The van der Waals surface area contributed by atoms with Crippen molar-refractivity contribution in [3.8, 4) is 0 Å². The Balaban J connectivity index is 2.37. The molecule has 100 valence electrons. The lowest BCUT2D eigenvalue weighted by Crippen LogP contribution is -2.51. The highest BCUT2D eigenvalue weighted by Crippen LogP contribution is 2.29. The minimum atomic E-state index is -0.876. The van der Waals surface area contributed by atoms with Crippen LogP contribution in [0.5, 0.6) is 0 Å². The van der Waals surface area contributed by atoms with E-state index in [2.05, 4.69) is 5.32 Å². The van der Waals surface area contributed by atoms with Gasteiger partial charge in [-0.05, 0) is 45.6 Å². The van der Waals surface area contributed by atoms with E-state index >= 15 is 0 Å². The molecule has 1 saturated carbocycles. The molecule has 0 aliphatic heterocycles. The predicted octanol–water partition coefficient (Wildman–Crippen LogP) is 2.03. The summed E-state index contributed by atoms with van der Waals surface area (Å²) in [6.45, 7) is 7.23. The molecular weight excluding hydrogens is 218 g/mol. The van der Waals surface area contributed by atoms with Crippen molar-refractivity contribution in [1.29, 1.82) is 0 Å². The Morgan fingerprint density at radius 3 is 2.71 bits per heavy atom. The van der Waals surface area contributed by atoms with Gasteiger partial charge in [0.2, 0.25) is 0 Å². The average molecular weight is 243 g/mol. The molecule has 0 saturated heterocycles. The maximum absolute atomic E-state index is 11.3. The first kappa shape index (κ1) is 14.5. The van der Waals surface area contributed by atoms with Gasteiger partial charge >= 0.3 is 5.97 Å². The van der Waals surface area contributed by atoms with Crippen molar-refractivity contribution in [1.82, 2.24) is 5.32 Å². The third-order valence-corrected chi connectivity index (χ3v) is 3.25. The quantitative estimate of drug-likeness (QED) is 0.650. The van der Waals surface area contributed by atoms with E-state index in [4.69, 9.17) is 4.74 Å². The van der Waals surface area contributed by atoms with Gasteiger partial charge in [0.05, 0.1) is 6.10 Å². The van der Waals surface area contributed by atoms with Crippen molar-refractivity contribution in [3.63, 3.8) is 0 Å². The molecule has 0 spiro atoms. The van der Waals surface area contributed by atoms with Gasteiger partial charge in [0.25, 0.3) is 0 Å². The van der Waals surface area contributed by atoms with Crippen LogP contribution in [0, 0.1) is 5.92 Å². The van der Waals surface area contributed by atoms with Crippen LogP contribution in [0.2, 0.25) is 0 Å². The molecule has 4 heteroatoms. The van der Waals surface area contributed by atoms with Gasteiger partial charge in [-0.2, -0.15) is 0 Å². The van der Waals surface area contributed by atoms with Crippen LogP contribution in [0.4, 0.5) is 0 Å². The maximum atomic E-state index is 11.3. The average Bonchev–Trinajstić information content (AvgIpc) is 3.07. The van der Waals surface area contributed by atoms with E-state index < -0.39 is 11.5 Å². The van der Waals surface area contributed by atoms with Crippen LogP contribution in [0.1, 0.15) is 46.5 Å². The summed E-state index contributed by atoms with van der Waals surface area (Å²) >= 11 is 0. The Hall–Kier alpha value is -0.610. The molecule has 1 aliphatic rings. The highest BCUT2D eigenvalue weighted by Gasteiger charge is 2.34. The molecule has 0 heterocycles. The van der Waals surface area contributed by atoms with Crippen molar-refractivity contribution >= 4 is 5.97 Å². The van der Waals surface area contributed by atoms with Gasteiger partial charge in [0.1, 0.15) is 5.54 Å². The van der Waals surface area contributed by atoms with Crippen molar-refractivity contribution in [2.75, 3.05) is 13.2 Å². The summed E-state index contributed by atoms with van der Waals surface area (Å²) in [5.41, 5.74) is -0.876. The van der Waals surface area contributed by atoms with Gasteiger partial charge in [-0.3, -0.25) is 4.79 Å². The van der Waals surface area contributed by atoms with E-state index in [1.807, 2.05) is 13.8 Å². The molecule has 2 atom stereocenters. The number of rotatable bonds is 9. The zero-order valence-electron chi connectivity index (χ0n) is 11.2. The number of hydrogen-bond donors (Lipinski definition) is 2. The zero-order valence-corrected chi connectivity index (χ0v) is 11.2. The summed E-state index contributed by atoms with van der Waals surface area (Å²) in [7, 11) is 0. The number of ether oxygens (including phenoxy) is 1. The molecule has 0 aromatic rings. The van der Waals surface area contributed by atoms with Crippen molar-refractivity contribution in [2.24, 2.45) is 5.92 Å². The lowest BCUT2D eigenvalue weighted by Gasteiger charge is -2.29. The predicted molar refractivity (Wildman–Crippen MR) is 67.1 cm³/mol. The minimum absolute atomic E-state index is 0.0129. The van der Waals surface area contributed by atoms with E-state index in [1.54, 1.807) is 6.92 Å². The molecule has 2 N–H and O–H groups in total. The molecule has 1 fully saturated rings. The number of carbonyl (C=O) groups is 1. The summed E-state index contributed by atoms with van der Waals surface area (Å²) < 4.78 is 5.69. The van der Waals surface area contributed by atoms with Gasteiger partial charge < -0.3 is 15.2 Å². The lowest BCUT2D eigenvalue weighted by molar-refractivity contribution is -0.146. The molecule has 2 unspecified atom stereocenters. The Morgan fingerprint density at radius 2 is 2.24 bits per heavy atom. The third kappa shape index (κ3) is 5.04. The van der Waals surface area contributed by atoms with E-state index in [1.165, 1.54) is 12.8 Å². The number of carboxylic acid groups (broad SMARTS) is 1. The van der Waals surface area contributed by atoms with Crippen molar-refractivity contribution < 1.29 is 14.6 Å². The lowest BCUT2D eigenvalue weighted by atomic mass is 9.94. The van der Waals surface area contributed by atoms with Crippen LogP contribution in [0.25, 0.3) is 0 Å². The molecule has 0 bridgehead atoms. The summed E-state index contributed by atoms with van der Waals surface area (Å²) in [6, 6.07) is 0. The molecule has 0 aromatic carbocycles. The van der Waals surface area contributed by atoms with Crippen LogP contribution in [-0.2, 0) is 9.53 Å². The van der Waals surface area contributed by atoms with Crippen LogP contribution in [-0.4, -0.2) is 35.9 Å². The van der Waals surface area contributed by atoms with Crippen LogP contribution < -0.4 is 5.32 Å². The Bertz CT molecular complexity index is 253. The van der Waals surface area contributed by atoms with E-state index in [-0.39, 0.29) is 6.10 Å². The van der Waals surface area contributed by atoms with Gasteiger partial charge in [-0.25, -0.2) is 0 Å². The second-order valence-electron chi connectivity index (χ2n) is 5.36. The molecule has 0 aromatic heterocycles. The first-order valence-corrected chi connectivity index (χ1v) is 6.58. The zero-order chi connectivity index (χ0) is 12.9. The van der Waals surface area contributed by atoms with Crippen molar-refractivity contribution in [3.05, 3.63) is 0 Å². The topological polar surface area (TPSA) is 58.6 Å². The number of carboxylic acids is 1. The largest absolute Gasteiger partial charge is 0.480 e.